The van der Waals surface area contributed by atoms with Crippen LogP contribution >= 0.6 is 0 Å². The standard InChI is InChI=1S/C38H36BN3/c1-25-20-27(3)37(28(4)21-25)39(38-29(5)22-26(2)23-30(38)6)34-16-17-35(33-15-11-10-14-32(33)34)42(31-12-8-7-9-13-31)36-18-19-40-24-41-36/h7-24H,1-6H3. The van der Waals surface area contributed by atoms with Gasteiger partial charge in [0.1, 0.15) is 12.1 Å². The molecule has 0 N–H and O–H groups in total. The van der Waals surface area contributed by atoms with E-state index in [2.05, 4.69) is 141 Å². The third kappa shape index (κ3) is 4.98. The molecule has 0 aliphatic rings. The Labute approximate surface area is 250 Å². The van der Waals surface area contributed by atoms with Gasteiger partial charge in [-0.05, 0) is 71.2 Å². The van der Waals surface area contributed by atoms with Crippen molar-refractivity contribution in [2.45, 2.75) is 41.5 Å². The number of fused-ring (bicyclic) bond motifs is 1. The molecular formula is C38H36BN3. The van der Waals surface area contributed by atoms with Crippen molar-refractivity contribution in [1.29, 1.82) is 0 Å². The van der Waals surface area contributed by atoms with Crippen molar-refractivity contribution >= 4 is 51.1 Å². The van der Waals surface area contributed by atoms with E-state index >= 15 is 0 Å². The van der Waals surface area contributed by atoms with Crippen LogP contribution in [-0.4, -0.2) is 16.7 Å². The predicted octanol–water partition coefficient (Wildman–Crippen LogP) is 7.47. The lowest BCUT2D eigenvalue weighted by molar-refractivity contribution is 1.11. The summed E-state index contributed by atoms with van der Waals surface area (Å²) in [6.45, 7) is 13.5. The van der Waals surface area contributed by atoms with E-state index in [0.717, 1.165) is 17.2 Å². The molecule has 0 aliphatic heterocycles. The summed E-state index contributed by atoms with van der Waals surface area (Å²) in [6.07, 6.45) is 3.42. The summed E-state index contributed by atoms with van der Waals surface area (Å²) in [6, 6.07) is 35.2. The number of aryl methyl sites for hydroxylation is 6. The Morgan fingerprint density at radius 3 is 1.67 bits per heavy atom. The molecular weight excluding hydrogens is 509 g/mol. The predicted molar refractivity (Wildman–Crippen MR) is 180 cm³/mol. The molecule has 0 unspecified atom stereocenters. The van der Waals surface area contributed by atoms with Crippen LogP contribution in [0.3, 0.4) is 0 Å². The summed E-state index contributed by atoms with van der Waals surface area (Å²) in [4.78, 5) is 11.1. The minimum Gasteiger partial charge on any atom is -0.294 e. The summed E-state index contributed by atoms with van der Waals surface area (Å²) in [5, 5.41) is 2.43. The Morgan fingerprint density at radius 1 is 0.571 bits per heavy atom. The van der Waals surface area contributed by atoms with E-state index in [9.17, 15) is 0 Å². The first-order valence-electron chi connectivity index (χ1n) is 14.6. The SMILES string of the molecule is Cc1cc(C)c(B(c2c(C)cc(C)cc2C)c2ccc(N(c3ccccc3)c3ccncn3)c3ccccc23)c(C)c1. The molecule has 4 heteroatoms. The zero-order chi connectivity index (χ0) is 29.4. The van der Waals surface area contributed by atoms with Gasteiger partial charge in [0.15, 0.2) is 0 Å². The quantitative estimate of drug-likeness (QED) is 0.203. The fourth-order valence-corrected chi connectivity index (χ4v) is 6.89. The Balaban J connectivity index is 1.67. The van der Waals surface area contributed by atoms with Gasteiger partial charge in [-0.3, -0.25) is 4.90 Å². The molecule has 0 spiro atoms. The number of nitrogens with zero attached hydrogens (tertiary/aromatic N) is 3. The second-order valence-electron chi connectivity index (χ2n) is 11.5. The maximum atomic E-state index is 4.67. The second-order valence-corrected chi connectivity index (χ2v) is 11.5. The number of anilines is 3. The van der Waals surface area contributed by atoms with Crippen molar-refractivity contribution in [3.63, 3.8) is 0 Å². The maximum Gasteiger partial charge on any atom is 0.243 e. The van der Waals surface area contributed by atoms with Crippen LogP contribution in [0, 0.1) is 41.5 Å². The Hall–Kier alpha value is -4.70. The summed E-state index contributed by atoms with van der Waals surface area (Å²) in [5.41, 5.74) is 14.2. The van der Waals surface area contributed by atoms with Crippen LogP contribution in [0.5, 0.6) is 0 Å². The minimum atomic E-state index is 0.0920. The Kier molecular flexibility index (Phi) is 7.39. The zero-order valence-corrected chi connectivity index (χ0v) is 25.3. The van der Waals surface area contributed by atoms with Crippen LogP contribution < -0.4 is 21.3 Å². The number of benzene rings is 5. The topological polar surface area (TPSA) is 29.0 Å². The van der Waals surface area contributed by atoms with E-state index in [4.69, 9.17) is 0 Å². The lowest BCUT2D eigenvalue weighted by Gasteiger charge is -2.29. The lowest BCUT2D eigenvalue weighted by atomic mass is 9.33. The van der Waals surface area contributed by atoms with Crippen LogP contribution in [-0.2, 0) is 0 Å². The highest BCUT2D eigenvalue weighted by molar-refractivity contribution is 6.98. The van der Waals surface area contributed by atoms with Gasteiger partial charge >= 0.3 is 0 Å². The molecule has 0 radical (unpaired) electrons. The summed E-state index contributed by atoms with van der Waals surface area (Å²) < 4.78 is 0. The fraction of sp³-hybridized carbons (Fsp3) is 0.158. The van der Waals surface area contributed by atoms with Gasteiger partial charge in [0, 0.05) is 17.3 Å². The largest absolute Gasteiger partial charge is 0.294 e. The van der Waals surface area contributed by atoms with Crippen LogP contribution in [0.1, 0.15) is 33.4 Å². The van der Waals surface area contributed by atoms with E-state index in [1.54, 1.807) is 12.5 Å². The van der Waals surface area contributed by atoms with Crippen LogP contribution in [0.4, 0.5) is 17.2 Å². The zero-order valence-electron chi connectivity index (χ0n) is 25.3. The molecule has 0 saturated carbocycles. The van der Waals surface area contributed by atoms with Crippen molar-refractivity contribution in [1.82, 2.24) is 9.97 Å². The molecule has 3 nitrogen and oxygen atoms in total. The fourth-order valence-electron chi connectivity index (χ4n) is 6.89. The number of rotatable bonds is 6. The molecule has 0 saturated heterocycles. The van der Waals surface area contributed by atoms with Crippen molar-refractivity contribution in [2.24, 2.45) is 0 Å². The highest BCUT2D eigenvalue weighted by Crippen LogP contribution is 2.37. The monoisotopic (exact) mass is 545 g/mol. The Bertz CT molecular complexity index is 1750. The van der Waals surface area contributed by atoms with Crippen molar-refractivity contribution in [3.05, 3.63) is 143 Å². The lowest BCUT2D eigenvalue weighted by Crippen LogP contribution is -2.56. The molecule has 0 atom stereocenters. The molecule has 206 valence electrons. The normalized spacial score (nSPS) is 11.1. The average Bonchev–Trinajstić information content (AvgIpc) is 2.97. The molecule has 0 fully saturated rings. The molecule has 6 rings (SSSR count). The van der Waals surface area contributed by atoms with Crippen LogP contribution in [0.25, 0.3) is 10.8 Å². The summed E-state index contributed by atoms with van der Waals surface area (Å²) >= 11 is 0. The average molecular weight is 546 g/mol. The van der Waals surface area contributed by atoms with Crippen molar-refractivity contribution < 1.29 is 0 Å². The van der Waals surface area contributed by atoms with E-state index < -0.39 is 0 Å². The van der Waals surface area contributed by atoms with Gasteiger partial charge in [0.2, 0.25) is 6.71 Å². The van der Waals surface area contributed by atoms with Gasteiger partial charge in [0.25, 0.3) is 0 Å². The molecule has 1 heterocycles. The highest BCUT2D eigenvalue weighted by atomic mass is 15.2. The van der Waals surface area contributed by atoms with E-state index in [1.807, 2.05) is 12.1 Å². The van der Waals surface area contributed by atoms with Crippen LogP contribution in [0.2, 0.25) is 0 Å². The first-order valence-corrected chi connectivity index (χ1v) is 14.6. The highest BCUT2D eigenvalue weighted by Gasteiger charge is 2.30. The van der Waals surface area contributed by atoms with Gasteiger partial charge in [-0.1, -0.05) is 123 Å². The van der Waals surface area contributed by atoms with E-state index in [0.29, 0.717) is 0 Å². The second kappa shape index (κ2) is 11.3. The first-order chi connectivity index (χ1) is 20.3. The molecule has 5 aromatic carbocycles. The molecule has 6 aromatic rings. The number of hydrogen-bond donors (Lipinski definition) is 0. The number of para-hydroxylation sites is 1. The molecule has 0 amide bonds. The molecule has 0 aliphatic carbocycles. The molecule has 1 aromatic heterocycles. The third-order valence-electron chi connectivity index (χ3n) is 8.35. The van der Waals surface area contributed by atoms with Gasteiger partial charge in [-0.25, -0.2) is 9.97 Å². The van der Waals surface area contributed by atoms with Gasteiger partial charge in [0.05, 0.1) is 5.69 Å². The maximum absolute atomic E-state index is 4.67. The summed E-state index contributed by atoms with van der Waals surface area (Å²) in [5.74, 6) is 0.834. The van der Waals surface area contributed by atoms with Gasteiger partial charge < -0.3 is 0 Å². The molecule has 0 bridgehead atoms. The first kappa shape index (κ1) is 27.5. The van der Waals surface area contributed by atoms with Gasteiger partial charge in [-0.2, -0.15) is 0 Å². The summed E-state index contributed by atoms with van der Waals surface area (Å²) in [7, 11) is 0. The smallest absolute Gasteiger partial charge is 0.243 e. The van der Waals surface area contributed by atoms with E-state index in [1.165, 1.54) is 60.5 Å². The van der Waals surface area contributed by atoms with Gasteiger partial charge in [-0.15, -0.1) is 0 Å². The van der Waals surface area contributed by atoms with Crippen molar-refractivity contribution in [2.75, 3.05) is 4.90 Å². The third-order valence-corrected chi connectivity index (χ3v) is 8.35. The number of aromatic nitrogens is 2. The Morgan fingerprint density at radius 2 is 1.12 bits per heavy atom. The van der Waals surface area contributed by atoms with E-state index in [-0.39, 0.29) is 6.71 Å². The molecule has 42 heavy (non-hydrogen) atoms. The number of hydrogen-bond acceptors (Lipinski definition) is 3. The van der Waals surface area contributed by atoms with Crippen LogP contribution in [0.15, 0.2) is 110 Å². The minimum absolute atomic E-state index is 0.0920. The van der Waals surface area contributed by atoms with Crippen molar-refractivity contribution in [3.8, 4) is 0 Å².